The lowest BCUT2D eigenvalue weighted by Gasteiger charge is -2.43. The van der Waals surface area contributed by atoms with Crippen LogP contribution in [0.4, 0.5) is 5.69 Å². The standard InChI is InChI=1S/C24H24N5O6/c1-34-19-7-13-6-16-21(15(13)8-20(19)35-2)25-26-22(16)24(31)27-9-12-5-14(11-27)17-3-4-18(29(32)33)23(30)28(17)10-12/h3-4,7-8,12,14,32H,5-6,9-11H2,1-2H3,(H,25,26)/q-1/t12-,14+/m1/s1. The zero-order valence-corrected chi connectivity index (χ0v) is 19.3. The van der Waals surface area contributed by atoms with E-state index in [2.05, 4.69) is 10.2 Å². The first-order valence-electron chi connectivity index (χ1n) is 11.4. The van der Waals surface area contributed by atoms with Gasteiger partial charge in [-0.25, -0.2) is 0 Å². The van der Waals surface area contributed by atoms with E-state index in [4.69, 9.17) is 9.47 Å². The highest BCUT2D eigenvalue weighted by atomic mass is 16.8. The molecule has 2 bridgehead atoms. The number of ether oxygens (including phenoxy) is 2. The molecule has 2 aliphatic heterocycles. The number of pyridine rings is 1. The van der Waals surface area contributed by atoms with Crippen molar-refractivity contribution in [3.8, 4) is 22.8 Å². The molecular formula is C24H24N5O6-. The van der Waals surface area contributed by atoms with Crippen molar-refractivity contribution in [1.29, 1.82) is 0 Å². The number of methoxy groups -OCH3 is 2. The predicted molar refractivity (Wildman–Crippen MR) is 125 cm³/mol. The molecule has 1 amide bonds. The Morgan fingerprint density at radius 3 is 2.71 bits per heavy atom. The van der Waals surface area contributed by atoms with E-state index < -0.39 is 10.8 Å². The van der Waals surface area contributed by atoms with Gasteiger partial charge in [0, 0.05) is 48.8 Å². The Labute approximate surface area is 200 Å². The average Bonchev–Trinajstić information content (AvgIpc) is 3.42. The van der Waals surface area contributed by atoms with Crippen molar-refractivity contribution < 1.29 is 19.5 Å². The fourth-order valence-electron chi connectivity index (χ4n) is 5.82. The van der Waals surface area contributed by atoms with Gasteiger partial charge in [-0.15, -0.1) is 0 Å². The molecule has 0 radical (unpaired) electrons. The van der Waals surface area contributed by atoms with Crippen LogP contribution in [0.3, 0.4) is 0 Å². The number of aromatic nitrogens is 3. The number of carbonyl (C=O) groups excluding carboxylic acids is 1. The molecule has 11 heteroatoms. The molecule has 3 aromatic rings. The lowest BCUT2D eigenvalue weighted by molar-refractivity contribution is 0.0588. The highest BCUT2D eigenvalue weighted by Crippen LogP contribution is 2.43. The summed E-state index contributed by atoms with van der Waals surface area (Å²) in [4.78, 5) is 28.1. The number of rotatable bonds is 4. The Bertz CT molecular complexity index is 1410. The summed E-state index contributed by atoms with van der Waals surface area (Å²) in [6, 6.07) is 6.84. The molecule has 0 saturated carbocycles. The number of likely N-dealkylation sites (tertiary alicyclic amines) is 1. The van der Waals surface area contributed by atoms with Crippen LogP contribution < -0.4 is 20.3 Å². The van der Waals surface area contributed by atoms with E-state index in [1.54, 1.807) is 24.9 Å². The maximum absolute atomic E-state index is 13.6. The second-order valence-electron chi connectivity index (χ2n) is 9.31. The number of nitrogens with zero attached hydrogens (tertiary/aromatic N) is 4. The highest BCUT2D eigenvalue weighted by Gasteiger charge is 2.39. The van der Waals surface area contributed by atoms with Crippen LogP contribution in [0.2, 0.25) is 0 Å². The first-order chi connectivity index (χ1) is 16.9. The van der Waals surface area contributed by atoms with E-state index in [-0.39, 0.29) is 23.4 Å². The minimum Gasteiger partial charge on any atom is -0.733 e. The van der Waals surface area contributed by atoms with Crippen molar-refractivity contribution >= 4 is 11.6 Å². The summed E-state index contributed by atoms with van der Waals surface area (Å²) in [7, 11) is 3.18. The fraction of sp³-hybridized carbons (Fsp3) is 0.375. The average molecular weight is 478 g/mol. The van der Waals surface area contributed by atoms with Gasteiger partial charge in [0.05, 0.1) is 19.9 Å². The summed E-state index contributed by atoms with van der Waals surface area (Å²) in [6.07, 6.45) is 1.42. The van der Waals surface area contributed by atoms with Gasteiger partial charge < -0.3 is 29.4 Å². The Morgan fingerprint density at radius 2 is 1.97 bits per heavy atom. The highest BCUT2D eigenvalue weighted by molar-refractivity contribution is 5.97. The summed E-state index contributed by atoms with van der Waals surface area (Å²) in [5.41, 5.74) is 3.99. The van der Waals surface area contributed by atoms with Gasteiger partial charge in [0.25, 0.3) is 11.5 Å². The number of amides is 1. The van der Waals surface area contributed by atoms with Crippen LogP contribution in [0, 0.1) is 11.1 Å². The Hall–Kier alpha value is -3.83. The molecule has 1 aromatic carbocycles. The van der Waals surface area contributed by atoms with Gasteiger partial charge in [-0.3, -0.25) is 19.9 Å². The first kappa shape index (κ1) is 21.7. The molecule has 1 saturated heterocycles. The third-order valence-corrected chi connectivity index (χ3v) is 7.39. The normalized spacial score (nSPS) is 19.6. The lowest BCUT2D eigenvalue weighted by atomic mass is 9.83. The SMILES string of the molecule is COc1cc2c(cc1OC)-c1n[nH]c(C(=O)N3C[C@H]4C[C@@H](C3)c3ccc(N([O-])O)c(=O)n3C4)c1C2. The number of piperidine rings is 1. The first-order valence-corrected chi connectivity index (χ1v) is 11.4. The molecule has 11 nitrogen and oxygen atoms in total. The molecule has 35 heavy (non-hydrogen) atoms. The fourth-order valence-corrected chi connectivity index (χ4v) is 5.82. The number of carbonyl (C=O) groups is 1. The van der Waals surface area contributed by atoms with Crippen molar-refractivity contribution in [3.63, 3.8) is 0 Å². The number of nitrogens with one attached hydrogen (secondary N) is 1. The number of aromatic amines is 1. The van der Waals surface area contributed by atoms with E-state index in [9.17, 15) is 20.0 Å². The van der Waals surface area contributed by atoms with Crippen molar-refractivity contribution in [1.82, 2.24) is 19.7 Å². The third kappa shape index (κ3) is 3.22. The van der Waals surface area contributed by atoms with E-state index in [1.807, 2.05) is 17.0 Å². The minimum absolute atomic E-state index is 0.0336. The van der Waals surface area contributed by atoms with E-state index in [0.29, 0.717) is 43.2 Å². The van der Waals surface area contributed by atoms with Gasteiger partial charge in [0.15, 0.2) is 11.5 Å². The van der Waals surface area contributed by atoms with Gasteiger partial charge >= 0.3 is 0 Å². The Kier molecular flexibility index (Phi) is 4.87. The van der Waals surface area contributed by atoms with Crippen LogP contribution in [0.5, 0.6) is 11.5 Å². The third-order valence-electron chi connectivity index (χ3n) is 7.39. The van der Waals surface area contributed by atoms with Crippen molar-refractivity contribution in [2.45, 2.75) is 25.3 Å². The second-order valence-corrected chi connectivity index (χ2v) is 9.31. The van der Waals surface area contributed by atoms with Gasteiger partial charge in [-0.05, 0) is 42.2 Å². The summed E-state index contributed by atoms with van der Waals surface area (Å²) < 4.78 is 12.4. The van der Waals surface area contributed by atoms with E-state index in [0.717, 1.165) is 34.5 Å². The van der Waals surface area contributed by atoms with Crippen LogP contribution in [0.25, 0.3) is 11.3 Å². The lowest BCUT2D eigenvalue weighted by Crippen LogP contribution is -2.49. The quantitative estimate of drug-likeness (QED) is 0.426. The van der Waals surface area contributed by atoms with Gasteiger partial charge in [-0.1, -0.05) is 0 Å². The Balaban J connectivity index is 1.29. The number of fused-ring (bicyclic) bond motifs is 7. The minimum atomic E-state index is -0.510. The van der Waals surface area contributed by atoms with Gasteiger partial charge in [0.2, 0.25) is 0 Å². The maximum atomic E-state index is 13.6. The Morgan fingerprint density at radius 1 is 1.20 bits per heavy atom. The molecule has 0 spiro atoms. The summed E-state index contributed by atoms with van der Waals surface area (Å²) in [6.45, 7) is 1.34. The molecular weight excluding hydrogens is 454 g/mol. The van der Waals surface area contributed by atoms with Crippen LogP contribution in [0.15, 0.2) is 29.1 Å². The zero-order valence-electron chi connectivity index (χ0n) is 19.3. The molecule has 2 aromatic heterocycles. The number of benzene rings is 1. The van der Waals surface area contributed by atoms with E-state index >= 15 is 0 Å². The smallest absolute Gasteiger partial charge is 0.275 e. The molecule has 2 N–H and O–H groups in total. The molecule has 1 aliphatic carbocycles. The number of hydrogen-bond acceptors (Lipinski definition) is 8. The number of anilines is 1. The molecule has 6 rings (SSSR count). The second kappa shape index (κ2) is 7.85. The van der Waals surface area contributed by atoms with Crippen molar-refractivity contribution in [3.05, 3.63) is 62.3 Å². The summed E-state index contributed by atoms with van der Waals surface area (Å²) in [5.74, 6) is 1.16. The van der Waals surface area contributed by atoms with Crippen LogP contribution in [-0.2, 0) is 13.0 Å². The van der Waals surface area contributed by atoms with Crippen molar-refractivity contribution in [2.24, 2.45) is 5.92 Å². The molecule has 2 atom stereocenters. The molecule has 182 valence electrons. The monoisotopic (exact) mass is 478 g/mol. The van der Waals surface area contributed by atoms with E-state index in [1.165, 1.54) is 6.07 Å². The van der Waals surface area contributed by atoms with Crippen LogP contribution in [0.1, 0.15) is 39.6 Å². The topological polar surface area (TPSA) is 136 Å². The molecule has 3 aliphatic rings. The van der Waals surface area contributed by atoms with Gasteiger partial charge in [-0.2, -0.15) is 5.10 Å². The zero-order chi connectivity index (χ0) is 24.4. The van der Waals surface area contributed by atoms with Crippen LogP contribution >= 0.6 is 0 Å². The molecule has 4 heterocycles. The van der Waals surface area contributed by atoms with Crippen LogP contribution in [-0.4, -0.2) is 58.1 Å². The summed E-state index contributed by atoms with van der Waals surface area (Å²) in [5, 5.41) is 27.5. The molecule has 1 fully saturated rings. The predicted octanol–water partition coefficient (Wildman–Crippen LogP) is 2.11. The van der Waals surface area contributed by atoms with Crippen molar-refractivity contribution in [2.75, 3.05) is 32.5 Å². The maximum Gasteiger partial charge on any atom is 0.275 e. The van der Waals surface area contributed by atoms with Gasteiger partial charge in [0.1, 0.15) is 11.4 Å². The summed E-state index contributed by atoms with van der Waals surface area (Å²) >= 11 is 0. The molecule has 0 unspecified atom stereocenters. The number of H-pyrrole nitrogens is 1. The largest absolute Gasteiger partial charge is 0.733 e. The number of hydrogen-bond donors (Lipinski definition) is 2.